The first-order chi connectivity index (χ1) is 14.9. The summed E-state index contributed by atoms with van der Waals surface area (Å²) in [6.45, 7) is 2.17. The molecule has 0 radical (unpaired) electrons. The Bertz CT molecular complexity index is 540. The van der Waals surface area contributed by atoms with Gasteiger partial charge < -0.3 is 48.2 Å². The zero-order valence-corrected chi connectivity index (χ0v) is 18.0. The molecule has 14 nitrogen and oxygen atoms in total. The van der Waals surface area contributed by atoms with Crippen LogP contribution in [0.1, 0.15) is 51.4 Å². The van der Waals surface area contributed by atoms with Crippen LogP contribution >= 0.6 is 0 Å². The van der Waals surface area contributed by atoms with E-state index in [0.29, 0.717) is 13.0 Å². The van der Waals surface area contributed by atoms with Crippen LogP contribution in [0.5, 0.6) is 0 Å². The van der Waals surface area contributed by atoms with Crippen molar-refractivity contribution in [3.63, 3.8) is 0 Å². The van der Waals surface area contributed by atoms with E-state index in [2.05, 4.69) is 0 Å². The van der Waals surface area contributed by atoms with Gasteiger partial charge in [0.05, 0.1) is 6.42 Å². The van der Waals surface area contributed by atoms with Crippen molar-refractivity contribution in [1.82, 2.24) is 0 Å². The van der Waals surface area contributed by atoms with Crippen LogP contribution in [0.2, 0.25) is 0 Å². The summed E-state index contributed by atoms with van der Waals surface area (Å²) in [6, 6.07) is -1.06. The number of nitrogens with two attached hydrogens (primary N) is 4. The number of hydrogen-bond donors (Lipinski definition) is 8. The zero-order chi connectivity index (χ0) is 25.9. The monoisotopic (exact) mass is 468 g/mol. The van der Waals surface area contributed by atoms with Crippen LogP contribution < -0.4 is 22.9 Å². The van der Waals surface area contributed by atoms with Gasteiger partial charge in [-0.2, -0.15) is 0 Å². The van der Waals surface area contributed by atoms with Crippen molar-refractivity contribution in [2.24, 2.45) is 22.9 Å². The van der Waals surface area contributed by atoms with Crippen molar-refractivity contribution in [3.05, 3.63) is 0 Å². The molecule has 0 heterocycles. The number of carboxylic acid groups (broad SMARTS) is 4. The second-order valence-electron chi connectivity index (χ2n) is 5.88. The number of carboxylic acids is 4. The predicted octanol–water partition coefficient (Wildman–Crippen LogP) is -1.62. The third-order valence-corrected chi connectivity index (χ3v) is 2.98. The Hall–Kier alpha value is -2.94. The molecule has 1 atom stereocenters. The summed E-state index contributed by atoms with van der Waals surface area (Å²) < 4.78 is 0. The molecular weight excluding hydrogens is 432 g/mol. The van der Waals surface area contributed by atoms with Gasteiger partial charge in [-0.15, -0.1) is 0 Å². The van der Waals surface area contributed by atoms with E-state index in [1.165, 1.54) is 0 Å². The molecule has 1 unspecified atom stereocenters. The van der Waals surface area contributed by atoms with Crippen molar-refractivity contribution < 1.29 is 49.2 Å². The summed E-state index contributed by atoms with van der Waals surface area (Å²) in [5, 5.41) is 32.2. The van der Waals surface area contributed by atoms with Gasteiger partial charge in [-0.25, -0.2) is 4.79 Å². The van der Waals surface area contributed by atoms with Gasteiger partial charge in [0.15, 0.2) is 0 Å². The second-order valence-corrected chi connectivity index (χ2v) is 5.88. The summed E-state index contributed by atoms with van der Waals surface area (Å²) in [6.07, 6.45) is 3.35. The molecule has 12 N–H and O–H groups in total. The van der Waals surface area contributed by atoms with Crippen LogP contribution in [0.3, 0.4) is 0 Å². The number of hydrogen-bond acceptors (Lipinski definition) is 10. The highest BCUT2D eigenvalue weighted by molar-refractivity contribution is 6.32. The third kappa shape index (κ3) is 41.4. The molecule has 0 aromatic heterocycles. The van der Waals surface area contributed by atoms with E-state index in [1.54, 1.807) is 0 Å². The molecule has 0 aliphatic heterocycles. The summed E-state index contributed by atoms with van der Waals surface area (Å²) >= 11 is 0. The molecule has 0 saturated carbocycles. The molecule has 14 heteroatoms. The van der Waals surface area contributed by atoms with Crippen LogP contribution in [0, 0.1) is 0 Å². The zero-order valence-electron chi connectivity index (χ0n) is 18.0. The van der Waals surface area contributed by atoms with Crippen LogP contribution in [0.15, 0.2) is 0 Å². The van der Waals surface area contributed by atoms with Gasteiger partial charge >= 0.3 is 23.9 Å². The van der Waals surface area contributed by atoms with Crippen molar-refractivity contribution >= 4 is 35.9 Å². The lowest BCUT2D eigenvalue weighted by Crippen LogP contribution is -2.30. The molecule has 0 spiro atoms. The number of unbranched alkanes of at least 4 members (excludes halogenated alkanes) is 2. The Labute approximate surface area is 185 Å². The van der Waals surface area contributed by atoms with Gasteiger partial charge in [0, 0.05) is 19.3 Å². The van der Waals surface area contributed by atoms with Gasteiger partial charge in [0.2, 0.25) is 5.78 Å². The van der Waals surface area contributed by atoms with Crippen LogP contribution in [-0.4, -0.2) is 82.0 Å². The second kappa shape index (κ2) is 28.1. The highest BCUT2D eigenvalue weighted by Gasteiger charge is 2.12. The number of carbonyl (C=O) groups excluding carboxylic acids is 2. The quantitative estimate of drug-likeness (QED) is 0.0807. The van der Waals surface area contributed by atoms with Crippen molar-refractivity contribution in [1.29, 1.82) is 0 Å². The minimum absolute atomic E-state index is 0.0231. The first kappa shape index (κ1) is 36.4. The van der Waals surface area contributed by atoms with E-state index in [-0.39, 0.29) is 12.8 Å². The average Bonchev–Trinajstić information content (AvgIpc) is 2.73. The fourth-order valence-corrected chi connectivity index (χ4v) is 1.22. The first-order valence-electron chi connectivity index (χ1n) is 9.62. The van der Waals surface area contributed by atoms with Crippen molar-refractivity contribution in [3.8, 4) is 0 Å². The lowest BCUT2D eigenvalue weighted by atomic mass is 10.2. The largest absolute Gasteiger partial charge is 0.481 e. The fraction of sp³-hybridized carbons (Fsp3) is 0.667. The molecule has 0 fully saturated rings. The Morgan fingerprint density at radius 3 is 1.41 bits per heavy atom. The van der Waals surface area contributed by atoms with E-state index in [0.717, 1.165) is 38.6 Å². The molecule has 0 aliphatic carbocycles. The Balaban J connectivity index is -0.000000168. The van der Waals surface area contributed by atoms with Gasteiger partial charge in [0.1, 0.15) is 12.3 Å². The number of aliphatic carboxylic acids is 4. The number of aldehydes is 1. The lowest BCUT2D eigenvalue weighted by Gasteiger charge is -2.01. The highest BCUT2D eigenvalue weighted by atomic mass is 16.4. The Kier molecular flexibility index (Phi) is 31.9. The minimum Gasteiger partial charge on any atom is -0.481 e. The minimum atomic E-state index is -1.58. The van der Waals surface area contributed by atoms with E-state index in [4.69, 9.17) is 43.4 Å². The van der Waals surface area contributed by atoms with Gasteiger partial charge in [0.25, 0.3) is 0 Å². The molecule has 0 aliphatic rings. The molecule has 0 aromatic carbocycles. The SMILES string of the molecule is NC(CCC(=O)O)C(=O)O.NCCCC=O.NCCCCN.O=C(O)CCC(=O)C(=O)O. The van der Waals surface area contributed by atoms with Gasteiger partial charge in [-0.05, 0) is 45.3 Å². The lowest BCUT2D eigenvalue weighted by molar-refractivity contribution is -0.150. The topological polar surface area (TPSA) is 287 Å². The van der Waals surface area contributed by atoms with Crippen LogP contribution in [-0.2, 0) is 28.8 Å². The maximum absolute atomic E-state index is 10.2. The number of Topliss-reactive ketones (excluding diaryl/α,β-unsaturated/α-hetero) is 1. The van der Waals surface area contributed by atoms with Gasteiger partial charge in [-0.1, -0.05) is 0 Å². The molecule has 32 heavy (non-hydrogen) atoms. The molecule has 0 rings (SSSR count). The summed E-state index contributed by atoms with van der Waals surface area (Å²) in [4.78, 5) is 59.1. The van der Waals surface area contributed by atoms with E-state index < -0.39 is 48.5 Å². The van der Waals surface area contributed by atoms with E-state index in [9.17, 15) is 28.8 Å². The maximum atomic E-state index is 10.2. The molecule has 0 saturated heterocycles. The summed E-state index contributed by atoms with van der Waals surface area (Å²) in [5.74, 6) is -6.02. The number of ketones is 1. The normalized spacial score (nSPS) is 9.88. The average molecular weight is 469 g/mol. The van der Waals surface area contributed by atoms with E-state index in [1.807, 2.05) is 0 Å². The Morgan fingerprint density at radius 2 is 1.16 bits per heavy atom. The number of rotatable bonds is 14. The first-order valence-corrected chi connectivity index (χ1v) is 9.62. The fourth-order valence-electron chi connectivity index (χ4n) is 1.22. The van der Waals surface area contributed by atoms with Crippen LogP contribution in [0.25, 0.3) is 0 Å². The molecule has 0 amide bonds. The summed E-state index contributed by atoms with van der Waals surface area (Å²) in [7, 11) is 0. The predicted molar refractivity (Wildman–Crippen MR) is 114 cm³/mol. The van der Waals surface area contributed by atoms with Crippen LogP contribution in [0.4, 0.5) is 0 Å². The molecular formula is C18H36N4O10. The van der Waals surface area contributed by atoms with Gasteiger partial charge in [-0.3, -0.25) is 19.2 Å². The molecule has 188 valence electrons. The standard InChI is InChI=1S/C5H9NO4.C5H6O5.C4H12N2.C4H9NO/c2*6-3(5(9)10)1-2-4(7)8;2*5-3-1-2-4-6/h3H,1-2,6H2,(H,7,8)(H,9,10);1-2H2,(H,7,8)(H,9,10);1-6H2;4H,1-3,5H2. The number of carbonyl (C=O) groups is 6. The van der Waals surface area contributed by atoms with Crippen molar-refractivity contribution in [2.45, 2.75) is 57.4 Å². The highest BCUT2D eigenvalue weighted by Crippen LogP contribution is 1.93. The van der Waals surface area contributed by atoms with Crippen molar-refractivity contribution in [2.75, 3.05) is 19.6 Å². The molecule has 0 aromatic rings. The summed E-state index contributed by atoms with van der Waals surface area (Å²) in [5.41, 5.74) is 20.4. The third-order valence-electron chi connectivity index (χ3n) is 2.98. The Morgan fingerprint density at radius 1 is 0.719 bits per heavy atom. The van der Waals surface area contributed by atoms with E-state index >= 15 is 0 Å². The molecule has 0 bridgehead atoms. The maximum Gasteiger partial charge on any atom is 0.372 e. The smallest absolute Gasteiger partial charge is 0.372 e.